The van der Waals surface area contributed by atoms with Crippen molar-refractivity contribution in [3.63, 3.8) is 0 Å². The Kier molecular flexibility index (Phi) is 6.59. The number of aliphatic hydroxyl groups is 1. The van der Waals surface area contributed by atoms with Gasteiger partial charge < -0.3 is 10.4 Å². The van der Waals surface area contributed by atoms with Crippen molar-refractivity contribution in [2.45, 2.75) is 70.3 Å². The van der Waals surface area contributed by atoms with Gasteiger partial charge in [0.05, 0.1) is 18.5 Å². The number of hydrogen-bond donors (Lipinski definition) is 2. The van der Waals surface area contributed by atoms with Crippen LogP contribution < -0.4 is 5.32 Å². The molecule has 34 heavy (non-hydrogen) atoms. The van der Waals surface area contributed by atoms with Gasteiger partial charge in [0.25, 0.3) is 5.91 Å². The summed E-state index contributed by atoms with van der Waals surface area (Å²) in [6.45, 7) is 2.52. The lowest BCUT2D eigenvalue weighted by Gasteiger charge is -2.21. The minimum absolute atomic E-state index is 0.175. The Hall–Kier alpha value is -2.87. The summed E-state index contributed by atoms with van der Waals surface area (Å²) in [5.74, 6) is 0.674. The molecule has 5 rings (SSSR count). The van der Waals surface area contributed by atoms with E-state index in [1.807, 2.05) is 19.2 Å². The minimum Gasteiger partial charge on any atom is -0.393 e. The van der Waals surface area contributed by atoms with Crippen LogP contribution >= 0.6 is 0 Å². The molecule has 4 atom stereocenters. The van der Waals surface area contributed by atoms with E-state index >= 15 is 0 Å². The second kappa shape index (κ2) is 9.78. The third kappa shape index (κ3) is 4.82. The normalized spacial score (nSPS) is 24.7. The Bertz CT molecular complexity index is 1180. The van der Waals surface area contributed by atoms with E-state index in [0.717, 1.165) is 68.3 Å². The van der Waals surface area contributed by atoms with Gasteiger partial charge in [-0.3, -0.25) is 9.78 Å². The summed E-state index contributed by atoms with van der Waals surface area (Å²) in [6, 6.07) is 3.61. The highest BCUT2D eigenvalue weighted by Crippen LogP contribution is 2.42. The molecular formula is C26H32FN5O2. The van der Waals surface area contributed by atoms with Crippen molar-refractivity contribution in [2.75, 3.05) is 6.54 Å². The van der Waals surface area contributed by atoms with Gasteiger partial charge in [-0.25, -0.2) is 13.9 Å². The van der Waals surface area contributed by atoms with Crippen LogP contribution in [0, 0.1) is 24.6 Å². The summed E-state index contributed by atoms with van der Waals surface area (Å²) in [5.41, 5.74) is 3.92. The first-order valence-corrected chi connectivity index (χ1v) is 12.4. The molecule has 3 heterocycles. The molecule has 2 saturated carbocycles. The maximum Gasteiger partial charge on any atom is 0.256 e. The van der Waals surface area contributed by atoms with E-state index in [1.54, 1.807) is 16.8 Å². The van der Waals surface area contributed by atoms with Crippen LogP contribution in [-0.4, -0.2) is 43.2 Å². The largest absolute Gasteiger partial charge is 0.393 e. The Morgan fingerprint density at radius 3 is 2.97 bits per heavy atom. The lowest BCUT2D eigenvalue weighted by atomic mass is 9.85. The molecule has 0 saturated heterocycles. The van der Waals surface area contributed by atoms with Gasteiger partial charge in [-0.2, -0.15) is 5.10 Å². The molecule has 0 spiro atoms. The van der Waals surface area contributed by atoms with E-state index in [0.29, 0.717) is 35.5 Å². The van der Waals surface area contributed by atoms with Gasteiger partial charge in [0, 0.05) is 24.1 Å². The van der Waals surface area contributed by atoms with Crippen molar-refractivity contribution >= 4 is 11.6 Å². The Labute approximate surface area is 198 Å². The average molecular weight is 466 g/mol. The predicted octanol–water partition coefficient (Wildman–Crippen LogP) is 3.98. The van der Waals surface area contributed by atoms with E-state index in [-0.39, 0.29) is 17.8 Å². The van der Waals surface area contributed by atoms with Crippen molar-refractivity contribution in [3.8, 4) is 0 Å². The van der Waals surface area contributed by atoms with Crippen molar-refractivity contribution in [1.29, 1.82) is 0 Å². The standard InChI is InChI=1S/C26H32FN5O2/c1-16-23(12-19(27)14-28-16)22-4-2-3-18(22)6-7-20-9-10-32-25(31-20)24(15-30-32)26(34)29-13-17-5-8-21(33)11-17/h9-10,12,14-15,17-18,21-22,33H,2-8,11,13H2,1H3,(H,29,34). The molecule has 4 unspecified atom stereocenters. The fourth-order valence-electron chi connectivity index (χ4n) is 5.80. The first-order chi connectivity index (χ1) is 16.5. The number of carbonyl (C=O) groups is 1. The number of fused-ring (bicyclic) bond motifs is 1. The van der Waals surface area contributed by atoms with E-state index in [1.165, 1.54) is 6.20 Å². The number of aromatic nitrogens is 4. The maximum absolute atomic E-state index is 13.8. The lowest BCUT2D eigenvalue weighted by Crippen LogP contribution is -2.28. The summed E-state index contributed by atoms with van der Waals surface area (Å²) in [4.78, 5) is 21.8. The van der Waals surface area contributed by atoms with E-state index in [4.69, 9.17) is 4.98 Å². The van der Waals surface area contributed by atoms with E-state index in [2.05, 4.69) is 15.4 Å². The number of nitrogens with zero attached hydrogens (tertiary/aromatic N) is 4. The Morgan fingerprint density at radius 2 is 2.15 bits per heavy atom. The SMILES string of the molecule is Cc1ncc(F)cc1C1CCCC1CCc1ccn2ncc(C(=O)NCC3CCC(O)C3)c2n1. The fraction of sp³-hybridized carbons (Fsp3) is 0.538. The summed E-state index contributed by atoms with van der Waals surface area (Å²) in [6.07, 6.45) is 12.0. The molecule has 3 aromatic heterocycles. The quantitative estimate of drug-likeness (QED) is 0.551. The van der Waals surface area contributed by atoms with Gasteiger partial charge in [0.1, 0.15) is 11.4 Å². The topological polar surface area (TPSA) is 92.4 Å². The summed E-state index contributed by atoms with van der Waals surface area (Å²) in [5, 5.41) is 17.0. The molecule has 0 bridgehead atoms. The molecule has 8 heteroatoms. The van der Waals surface area contributed by atoms with Crippen LogP contribution in [0.3, 0.4) is 0 Å². The van der Waals surface area contributed by atoms with Gasteiger partial charge in [-0.15, -0.1) is 0 Å². The predicted molar refractivity (Wildman–Crippen MR) is 126 cm³/mol. The zero-order chi connectivity index (χ0) is 23.7. The van der Waals surface area contributed by atoms with Crippen molar-refractivity contribution in [2.24, 2.45) is 11.8 Å². The van der Waals surface area contributed by atoms with Crippen molar-refractivity contribution < 1.29 is 14.3 Å². The molecule has 180 valence electrons. The van der Waals surface area contributed by atoms with Gasteiger partial charge >= 0.3 is 0 Å². The smallest absolute Gasteiger partial charge is 0.256 e. The molecule has 2 fully saturated rings. The molecule has 1 amide bonds. The van der Waals surface area contributed by atoms with Crippen LogP contribution in [0.5, 0.6) is 0 Å². The maximum atomic E-state index is 13.8. The van der Waals surface area contributed by atoms with Crippen molar-refractivity contribution in [1.82, 2.24) is 24.9 Å². The third-order valence-corrected chi connectivity index (χ3v) is 7.66. The molecule has 3 aromatic rings. The number of halogens is 1. The molecule has 2 aliphatic carbocycles. The first-order valence-electron chi connectivity index (χ1n) is 12.4. The van der Waals surface area contributed by atoms with Crippen LogP contribution in [0.2, 0.25) is 0 Å². The molecule has 0 aromatic carbocycles. The van der Waals surface area contributed by atoms with Crippen LogP contribution in [0.25, 0.3) is 5.65 Å². The van der Waals surface area contributed by atoms with Gasteiger partial charge in [-0.1, -0.05) is 6.42 Å². The molecule has 0 radical (unpaired) electrons. The number of carbonyl (C=O) groups excluding carboxylic acids is 1. The monoisotopic (exact) mass is 465 g/mol. The second-order valence-electron chi connectivity index (χ2n) is 9.95. The number of aryl methyl sites for hydroxylation is 2. The van der Waals surface area contributed by atoms with Crippen LogP contribution in [0.4, 0.5) is 4.39 Å². The summed E-state index contributed by atoms with van der Waals surface area (Å²) in [7, 11) is 0. The van der Waals surface area contributed by atoms with Crippen LogP contribution in [-0.2, 0) is 6.42 Å². The number of aliphatic hydroxyl groups excluding tert-OH is 1. The van der Waals surface area contributed by atoms with Gasteiger partial charge in [-0.05, 0) is 87.3 Å². The number of nitrogens with one attached hydrogen (secondary N) is 1. The number of hydrogen-bond acceptors (Lipinski definition) is 5. The Balaban J connectivity index is 1.25. The van der Waals surface area contributed by atoms with Crippen molar-refractivity contribution in [3.05, 3.63) is 59.1 Å². The Morgan fingerprint density at radius 1 is 1.26 bits per heavy atom. The molecular weight excluding hydrogens is 433 g/mol. The second-order valence-corrected chi connectivity index (χ2v) is 9.95. The zero-order valence-electron chi connectivity index (χ0n) is 19.6. The molecule has 7 nitrogen and oxygen atoms in total. The highest BCUT2D eigenvalue weighted by atomic mass is 19.1. The molecule has 2 N–H and O–H groups in total. The minimum atomic E-state index is -0.269. The highest BCUT2D eigenvalue weighted by molar-refractivity contribution is 5.99. The number of rotatable bonds is 7. The number of pyridine rings is 1. The molecule has 2 aliphatic rings. The van der Waals surface area contributed by atoms with E-state index < -0.39 is 0 Å². The zero-order valence-corrected chi connectivity index (χ0v) is 19.6. The average Bonchev–Trinajstić information content (AvgIpc) is 3.57. The lowest BCUT2D eigenvalue weighted by molar-refractivity contribution is 0.0946. The fourth-order valence-corrected chi connectivity index (χ4v) is 5.80. The van der Waals surface area contributed by atoms with Crippen LogP contribution in [0.15, 0.2) is 30.7 Å². The third-order valence-electron chi connectivity index (χ3n) is 7.66. The number of amides is 1. The van der Waals surface area contributed by atoms with Crippen LogP contribution in [0.1, 0.15) is 78.2 Å². The summed E-state index contributed by atoms with van der Waals surface area (Å²) >= 11 is 0. The van der Waals surface area contributed by atoms with E-state index in [9.17, 15) is 14.3 Å². The van der Waals surface area contributed by atoms with Gasteiger partial charge in [0.2, 0.25) is 0 Å². The van der Waals surface area contributed by atoms with Gasteiger partial charge in [0.15, 0.2) is 5.65 Å². The molecule has 0 aliphatic heterocycles. The summed E-state index contributed by atoms with van der Waals surface area (Å²) < 4.78 is 15.5. The first kappa shape index (κ1) is 22.9. The highest BCUT2D eigenvalue weighted by Gasteiger charge is 2.30.